The van der Waals surface area contributed by atoms with Crippen molar-refractivity contribution >= 4 is 65.4 Å². The number of aromatic nitrogens is 3. The predicted octanol–water partition coefficient (Wildman–Crippen LogP) is 14.3. The zero-order chi connectivity index (χ0) is 59.2. The quantitative estimate of drug-likeness (QED) is 0.166. The second-order valence-corrected chi connectivity index (χ2v) is 13.0. The molecule has 0 saturated heterocycles. The molecular formula is C54H35N3. The molecule has 3 heteroatoms. The average molecular weight is 751 g/mol. The van der Waals surface area contributed by atoms with Crippen molar-refractivity contribution in [2.24, 2.45) is 0 Å². The Balaban J connectivity index is 1.29. The summed E-state index contributed by atoms with van der Waals surface area (Å²) in [6, 6.07) is -3.65. The molecule has 0 aliphatic carbocycles. The third-order valence-corrected chi connectivity index (χ3v) is 9.84. The Kier molecular flexibility index (Phi) is 3.46. The molecule has 0 radical (unpaired) electrons. The fourth-order valence-corrected chi connectivity index (χ4v) is 7.39. The lowest BCUT2D eigenvalue weighted by Gasteiger charge is -2.09. The minimum atomic E-state index is -0.960. The summed E-state index contributed by atoms with van der Waals surface area (Å²) in [4.78, 5) is 0. The lowest BCUT2D eigenvalue weighted by Crippen LogP contribution is -1.93. The molecule has 3 aromatic heterocycles. The van der Waals surface area contributed by atoms with Gasteiger partial charge in [-0.1, -0.05) is 115 Å². The summed E-state index contributed by atoms with van der Waals surface area (Å²) >= 11 is 0. The van der Waals surface area contributed by atoms with E-state index in [0.717, 1.165) is 4.57 Å². The summed E-state index contributed by atoms with van der Waals surface area (Å²) in [6.07, 6.45) is 0. The highest BCUT2D eigenvalue weighted by molar-refractivity contribution is 6.14. The third kappa shape index (κ3) is 4.86. The number of hydrogen-bond acceptors (Lipinski definition) is 0. The van der Waals surface area contributed by atoms with E-state index < -0.39 is 201 Å². The maximum Gasteiger partial charge on any atom is 0.0645 e. The van der Waals surface area contributed by atoms with Gasteiger partial charge in [-0.3, -0.25) is 0 Å². The Morgan fingerprint density at radius 2 is 0.579 bits per heavy atom. The first-order valence-electron chi connectivity index (χ1n) is 30.1. The van der Waals surface area contributed by atoms with Gasteiger partial charge in [0.05, 0.1) is 67.4 Å². The third-order valence-electron chi connectivity index (χ3n) is 9.84. The fraction of sp³-hybridized carbons (Fsp3) is 0. The Labute approximate surface area is 364 Å². The highest BCUT2D eigenvalue weighted by Crippen LogP contribution is 2.41. The van der Waals surface area contributed by atoms with Crippen LogP contribution in [-0.4, -0.2) is 13.7 Å². The summed E-state index contributed by atoms with van der Waals surface area (Å²) in [5.74, 6) is 0. The van der Waals surface area contributed by atoms with Crippen molar-refractivity contribution in [1.82, 2.24) is 13.7 Å². The van der Waals surface area contributed by atoms with E-state index in [1.54, 1.807) is 60.7 Å². The van der Waals surface area contributed by atoms with E-state index in [1.807, 2.05) is 0 Å². The molecule has 0 unspecified atom stereocenters. The van der Waals surface area contributed by atoms with Gasteiger partial charge in [-0.2, -0.15) is 0 Å². The van der Waals surface area contributed by atoms with Crippen molar-refractivity contribution in [3.63, 3.8) is 0 Å². The van der Waals surface area contributed by atoms with Crippen LogP contribution < -0.4 is 0 Å². The van der Waals surface area contributed by atoms with Crippen LogP contribution in [0.15, 0.2) is 212 Å². The normalized spacial score (nSPS) is 18.0. The lowest BCUT2D eigenvalue weighted by molar-refractivity contribution is 1.18. The van der Waals surface area contributed by atoms with Crippen molar-refractivity contribution in [2.45, 2.75) is 0 Å². The Hall–Kier alpha value is -7.62. The molecular weight excluding hydrogens is 691 g/mol. The van der Waals surface area contributed by atoms with E-state index in [1.165, 1.54) is 9.13 Å². The number of para-hydroxylation sites is 5. The molecule has 0 bridgehead atoms. The molecule has 0 atom stereocenters. The van der Waals surface area contributed by atoms with Crippen LogP contribution in [0.2, 0.25) is 0 Å². The fourth-order valence-electron chi connectivity index (χ4n) is 7.39. The van der Waals surface area contributed by atoms with Crippen molar-refractivity contribution in [1.29, 1.82) is 0 Å². The van der Waals surface area contributed by atoms with Crippen molar-refractivity contribution in [3.05, 3.63) is 212 Å². The topological polar surface area (TPSA) is 14.8 Å². The lowest BCUT2D eigenvalue weighted by atomic mass is 9.98. The van der Waals surface area contributed by atoms with Gasteiger partial charge in [0.2, 0.25) is 0 Å². The van der Waals surface area contributed by atoms with Gasteiger partial charge < -0.3 is 13.7 Å². The van der Waals surface area contributed by atoms with Crippen molar-refractivity contribution in [3.8, 4) is 39.3 Å². The second kappa shape index (κ2) is 12.5. The molecule has 57 heavy (non-hydrogen) atoms. The van der Waals surface area contributed by atoms with Crippen LogP contribution in [0.25, 0.3) is 105 Å². The summed E-state index contributed by atoms with van der Waals surface area (Å²) in [5, 5.41) is -2.38. The Morgan fingerprint density at radius 1 is 0.263 bits per heavy atom. The van der Waals surface area contributed by atoms with E-state index in [2.05, 4.69) is 0 Å². The molecule has 9 aromatic carbocycles. The van der Waals surface area contributed by atoms with E-state index in [9.17, 15) is 16.4 Å². The van der Waals surface area contributed by atoms with Crippen molar-refractivity contribution in [2.75, 3.05) is 0 Å². The largest absolute Gasteiger partial charge is 0.309 e. The zero-order valence-corrected chi connectivity index (χ0v) is 29.1. The highest BCUT2D eigenvalue weighted by atomic mass is 15.0. The maximum absolute atomic E-state index is 10.2. The molecule has 3 heterocycles. The number of benzene rings is 9. The summed E-state index contributed by atoms with van der Waals surface area (Å²) in [7, 11) is 0. The number of nitrogens with zero attached hydrogens (tertiary/aromatic N) is 3. The van der Waals surface area contributed by atoms with Gasteiger partial charge in [0.15, 0.2) is 0 Å². The number of fused-ring (bicyclic) bond motifs is 9. The average Bonchev–Trinajstić information content (AvgIpc) is 4.18. The summed E-state index contributed by atoms with van der Waals surface area (Å²) < 4.78 is 235. The molecule has 12 aromatic rings. The van der Waals surface area contributed by atoms with Gasteiger partial charge in [-0.05, 0) is 119 Å². The van der Waals surface area contributed by atoms with Gasteiger partial charge in [0.25, 0.3) is 0 Å². The van der Waals surface area contributed by atoms with E-state index in [4.69, 9.17) is 17.8 Å². The molecule has 0 N–H and O–H groups in total. The van der Waals surface area contributed by atoms with E-state index >= 15 is 0 Å². The van der Waals surface area contributed by atoms with Gasteiger partial charge >= 0.3 is 0 Å². The van der Waals surface area contributed by atoms with Crippen molar-refractivity contribution < 1.29 is 34.3 Å². The second-order valence-electron chi connectivity index (χ2n) is 13.0. The molecule has 0 saturated carbocycles. The Morgan fingerprint density at radius 3 is 0.982 bits per heavy atom. The van der Waals surface area contributed by atoms with Crippen LogP contribution in [-0.2, 0) is 0 Å². The number of rotatable bonds is 5. The van der Waals surface area contributed by atoms with Gasteiger partial charge in [0, 0.05) is 49.4 Å². The molecule has 266 valence electrons. The van der Waals surface area contributed by atoms with Crippen LogP contribution in [0.3, 0.4) is 0 Å². The first-order chi connectivity index (χ1) is 38.7. The van der Waals surface area contributed by atoms with Gasteiger partial charge in [-0.15, -0.1) is 0 Å². The summed E-state index contributed by atoms with van der Waals surface area (Å²) in [5.41, 5.74) is -5.11. The van der Waals surface area contributed by atoms with E-state index in [0.29, 0.717) is 0 Å². The van der Waals surface area contributed by atoms with Gasteiger partial charge in [0.1, 0.15) is 0 Å². The first-order valence-corrected chi connectivity index (χ1v) is 17.6. The van der Waals surface area contributed by atoms with Crippen LogP contribution >= 0.6 is 0 Å². The van der Waals surface area contributed by atoms with Crippen LogP contribution in [0, 0.1) is 0 Å². The molecule has 3 nitrogen and oxygen atoms in total. The zero-order valence-electron chi connectivity index (χ0n) is 54.1. The van der Waals surface area contributed by atoms with Crippen LogP contribution in [0.5, 0.6) is 0 Å². The molecule has 0 spiro atoms. The molecule has 0 amide bonds. The SMILES string of the molecule is [2H]c1c([2H])c([2H])c(-n2c3c([2H])c([2H])c(-c4c([2H])c([2H])c5c(c4[2H])c4c([2H])c([2H])c([2H])c([2H])c4n5-c4ccccc4)c([2H])c3c3c([2H])c(-c4c([2H])c([2H])c5c(c4[2H])c4c([2H])c([2H])c([2H])c([2H])c4n5-c4ccccc4)c([2H])c([2H])c32)c([2H])c1[2H]. The highest BCUT2D eigenvalue weighted by Gasteiger charge is 2.18. The molecule has 0 aliphatic heterocycles. The number of hydrogen-bond donors (Lipinski definition) is 0. The van der Waals surface area contributed by atoms with Gasteiger partial charge in [-0.25, -0.2) is 0 Å². The summed E-state index contributed by atoms with van der Waals surface area (Å²) in [6.45, 7) is 0. The predicted molar refractivity (Wildman–Crippen MR) is 240 cm³/mol. The minimum Gasteiger partial charge on any atom is -0.309 e. The standard InChI is InChI=1S/C54H35N3/c1-4-14-40(15-5-1)55-49-22-12-10-20-43(49)45-32-36(24-28-51(45)55)38-26-30-53-47(34-38)48-35-39(27-31-54(48)57(53)42-18-8-3-9-19-42)37-25-29-52-46(33-37)44-21-11-13-23-50(44)56(52)41-16-6-2-7-17-41/h1-35H/i3D,8D,9D,10D,11D,12D,13D,18D,19D,20D,21D,22D,23D,24D,25D,26D,27D,28D,29D,30D,31D,32D,33D,34D,35D. The molecule has 0 fully saturated rings. The van der Waals surface area contributed by atoms with E-state index in [-0.39, 0.29) is 55.0 Å². The van der Waals surface area contributed by atoms with Crippen LogP contribution in [0.4, 0.5) is 0 Å². The first kappa shape index (κ1) is 15.9. The smallest absolute Gasteiger partial charge is 0.0645 e. The molecule has 12 rings (SSSR count). The minimum absolute atomic E-state index is 0.177. The molecule has 0 aliphatic rings. The Bertz CT molecular complexity index is 4660. The monoisotopic (exact) mass is 750 g/mol. The van der Waals surface area contributed by atoms with Crippen LogP contribution in [0.1, 0.15) is 34.3 Å². The maximum atomic E-state index is 10.2.